The second-order valence-corrected chi connectivity index (χ2v) is 8.97. The van der Waals surface area contributed by atoms with Crippen LogP contribution in [0.4, 0.5) is 26.3 Å². The van der Waals surface area contributed by atoms with Gasteiger partial charge in [-0.2, -0.15) is 0 Å². The summed E-state index contributed by atoms with van der Waals surface area (Å²) < 4.78 is 88.2. The maximum Gasteiger partial charge on any atom is 0.328 e. The molecule has 1 fully saturated rings. The molecule has 2 aromatic rings. The van der Waals surface area contributed by atoms with E-state index in [-0.39, 0.29) is 9.92 Å². The van der Waals surface area contributed by atoms with Gasteiger partial charge in [0.2, 0.25) is 11.7 Å². The van der Waals surface area contributed by atoms with Crippen LogP contribution in [-0.2, 0) is 14.3 Å². The molecule has 12 heteroatoms. The van der Waals surface area contributed by atoms with E-state index in [1.54, 1.807) is 0 Å². The van der Waals surface area contributed by atoms with Crippen molar-refractivity contribution < 1.29 is 40.7 Å². The Morgan fingerprint density at radius 2 is 1.64 bits per heavy atom. The molecule has 1 heterocycles. The lowest BCUT2D eigenvalue weighted by molar-refractivity contribution is -0.150. The van der Waals surface area contributed by atoms with E-state index in [9.17, 15) is 35.9 Å². The Hall–Kier alpha value is -2.40. The molecule has 0 aliphatic carbocycles. The Morgan fingerprint density at radius 1 is 1.06 bits per heavy atom. The van der Waals surface area contributed by atoms with E-state index < -0.39 is 69.2 Å². The number of halogens is 7. The zero-order chi connectivity index (χ0) is 24.6. The fourth-order valence-electron chi connectivity index (χ4n) is 3.54. The van der Waals surface area contributed by atoms with Crippen molar-refractivity contribution in [3.05, 3.63) is 52.1 Å². The van der Waals surface area contributed by atoms with Gasteiger partial charge in [0.15, 0.2) is 23.3 Å². The van der Waals surface area contributed by atoms with E-state index in [1.807, 2.05) is 0 Å². The minimum Gasteiger partial charge on any atom is -0.467 e. The first-order valence-electron chi connectivity index (χ1n) is 9.55. The lowest BCUT2D eigenvalue weighted by atomic mass is 10.0. The van der Waals surface area contributed by atoms with Gasteiger partial charge in [-0.05, 0) is 31.9 Å². The van der Waals surface area contributed by atoms with Crippen molar-refractivity contribution in [1.29, 1.82) is 0 Å². The third-order valence-electron chi connectivity index (χ3n) is 5.16. The topological polar surface area (TPSA) is 46.6 Å². The number of amides is 1. The first kappa shape index (κ1) is 25.2. The molecule has 2 aromatic carbocycles. The van der Waals surface area contributed by atoms with Gasteiger partial charge in [-0.3, -0.25) is 4.79 Å². The van der Waals surface area contributed by atoms with Crippen LogP contribution in [0.1, 0.15) is 19.8 Å². The van der Waals surface area contributed by atoms with Gasteiger partial charge in [0.25, 0.3) is 0 Å². The Labute approximate surface area is 193 Å². The highest BCUT2D eigenvalue weighted by atomic mass is 35.5. The zero-order valence-electron chi connectivity index (χ0n) is 17.2. The van der Waals surface area contributed by atoms with Crippen LogP contribution in [0.3, 0.4) is 0 Å². The first-order chi connectivity index (χ1) is 15.5. The molecule has 33 heavy (non-hydrogen) atoms. The molecule has 178 valence electrons. The highest BCUT2D eigenvalue weighted by Crippen LogP contribution is 2.40. The van der Waals surface area contributed by atoms with Crippen molar-refractivity contribution in [1.82, 2.24) is 4.90 Å². The zero-order valence-corrected chi connectivity index (χ0v) is 18.7. The quantitative estimate of drug-likeness (QED) is 0.175. The maximum atomic E-state index is 14.5. The summed E-state index contributed by atoms with van der Waals surface area (Å²) in [5, 5.41) is -1.13. The smallest absolute Gasteiger partial charge is 0.328 e. The summed E-state index contributed by atoms with van der Waals surface area (Å²) in [6.45, 7) is 1.77. The van der Waals surface area contributed by atoms with Crippen molar-refractivity contribution in [2.45, 2.75) is 36.0 Å². The molecular weight excluding hydrogens is 496 g/mol. The SMILES string of the molecule is COC(=O)[C@@H]1CCCN1C(=O)[C@H](C)Sc1cc(-c2c(F)c(F)c(F)c(F)c2F)c(F)cc1Cl. The predicted molar refractivity (Wildman–Crippen MR) is 109 cm³/mol. The summed E-state index contributed by atoms with van der Waals surface area (Å²) in [6, 6.07) is 0.700. The molecule has 2 atom stereocenters. The van der Waals surface area contributed by atoms with Crippen molar-refractivity contribution in [3.63, 3.8) is 0 Å². The summed E-state index contributed by atoms with van der Waals surface area (Å²) in [6.07, 6.45) is 0.988. The molecule has 1 saturated heterocycles. The molecule has 4 nitrogen and oxygen atoms in total. The number of nitrogens with zero attached hydrogens (tertiary/aromatic N) is 1. The molecule has 0 bridgehead atoms. The Morgan fingerprint density at radius 3 is 2.21 bits per heavy atom. The van der Waals surface area contributed by atoms with E-state index in [0.29, 0.717) is 25.5 Å². The number of rotatable bonds is 5. The number of benzene rings is 2. The molecule has 1 aliphatic heterocycles. The van der Waals surface area contributed by atoms with Crippen molar-refractivity contribution >= 4 is 35.2 Å². The van der Waals surface area contributed by atoms with Crippen LogP contribution >= 0.6 is 23.4 Å². The lowest BCUT2D eigenvalue weighted by Crippen LogP contribution is -2.44. The van der Waals surface area contributed by atoms with Crippen LogP contribution in [0, 0.1) is 34.9 Å². The van der Waals surface area contributed by atoms with Gasteiger partial charge < -0.3 is 9.64 Å². The molecule has 0 saturated carbocycles. The van der Waals surface area contributed by atoms with Crippen molar-refractivity contribution in [2.24, 2.45) is 0 Å². The fourth-order valence-corrected chi connectivity index (χ4v) is 4.80. The molecule has 0 radical (unpaired) electrons. The van der Waals surface area contributed by atoms with E-state index in [4.69, 9.17) is 16.3 Å². The maximum absolute atomic E-state index is 14.5. The van der Waals surface area contributed by atoms with Crippen LogP contribution in [0.2, 0.25) is 5.02 Å². The Balaban J connectivity index is 1.96. The Kier molecular flexibility index (Phi) is 7.52. The predicted octanol–water partition coefficient (Wildman–Crippen LogP) is 5.49. The molecule has 1 aliphatic rings. The van der Waals surface area contributed by atoms with Gasteiger partial charge in [-0.25, -0.2) is 31.1 Å². The molecule has 0 unspecified atom stereocenters. The normalized spacial score (nSPS) is 16.8. The number of ether oxygens (including phenoxy) is 1. The molecule has 0 N–H and O–H groups in total. The highest BCUT2D eigenvalue weighted by molar-refractivity contribution is 8.00. The summed E-state index contributed by atoms with van der Waals surface area (Å²) >= 11 is 6.79. The van der Waals surface area contributed by atoms with Crippen LogP contribution in [0.25, 0.3) is 11.1 Å². The number of esters is 1. The van der Waals surface area contributed by atoms with Gasteiger partial charge in [-0.15, -0.1) is 11.8 Å². The number of hydrogen-bond donors (Lipinski definition) is 0. The van der Waals surface area contributed by atoms with Gasteiger partial charge in [0.1, 0.15) is 11.9 Å². The summed E-state index contributed by atoms with van der Waals surface area (Å²) in [5.74, 6) is -13.6. The molecule has 1 amide bonds. The number of likely N-dealkylation sites (tertiary alicyclic amines) is 1. The van der Waals surface area contributed by atoms with E-state index in [0.717, 1.165) is 17.8 Å². The highest BCUT2D eigenvalue weighted by Gasteiger charge is 2.37. The minimum atomic E-state index is -2.37. The van der Waals surface area contributed by atoms with Gasteiger partial charge in [-0.1, -0.05) is 11.6 Å². The number of carbonyl (C=O) groups is 2. The third-order valence-corrected chi connectivity index (χ3v) is 6.73. The van der Waals surface area contributed by atoms with Crippen LogP contribution in [0.15, 0.2) is 17.0 Å². The average molecular weight is 512 g/mol. The van der Waals surface area contributed by atoms with Crippen LogP contribution in [-0.4, -0.2) is 41.7 Å². The van der Waals surface area contributed by atoms with Gasteiger partial charge >= 0.3 is 5.97 Å². The summed E-state index contributed by atoms with van der Waals surface area (Å²) in [7, 11) is 1.20. The standard InChI is InChI=1S/C21H16ClF6NO3S/c1-8(20(30)29-5-3-4-12(29)21(31)32-2)33-13-6-9(11(23)7-10(13)22)14-15(24)17(26)19(28)18(27)16(14)25/h6-8,12H,3-5H2,1-2H3/t8-,12-/m0/s1. The first-order valence-corrected chi connectivity index (χ1v) is 10.8. The molecule has 0 aromatic heterocycles. The molecule has 3 rings (SSSR count). The van der Waals surface area contributed by atoms with Gasteiger partial charge in [0, 0.05) is 17.0 Å². The number of carbonyl (C=O) groups excluding carboxylic acids is 2. The van der Waals surface area contributed by atoms with E-state index in [2.05, 4.69) is 0 Å². The largest absolute Gasteiger partial charge is 0.467 e. The second-order valence-electron chi connectivity index (χ2n) is 7.18. The van der Waals surface area contributed by atoms with Crippen molar-refractivity contribution in [3.8, 4) is 11.1 Å². The summed E-state index contributed by atoms with van der Waals surface area (Å²) in [5.41, 5.74) is -2.37. The summed E-state index contributed by atoms with van der Waals surface area (Å²) in [4.78, 5) is 26.1. The number of methoxy groups -OCH3 is 1. The second kappa shape index (κ2) is 9.84. The average Bonchev–Trinajstić information content (AvgIpc) is 3.28. The van der Waals surface area contributed by atoms with E-state index in [1.165, 1.54) is 18.9 Å². The lowest BCUT2D eigenvalue weighted by Gasteiger charge is -2.25. The fraction of sp³-hybridized carbons (Fsp3) is 0.333. The molecule has 0 spiro atoms. The number of hydrogen-bond acceptors (Lipinski definition) is 4. The van der Waals surface area contributed by atoms with Crippen LogP contribution < -0.4 is 0 Å². The van der Waals surface area contributed by atoms with Gasteiger partial charge in [0.05, 0.1) is 22.9 Å². The monoisotopic (exact) mass is 511 g/mol. The Bertz CT molecular complexity index is 1100. The molecular formula is C21H16ClF6NO3S. The van der Waals surface area contributed by atoms with Crippen molar-refractivity contribution in [2.75, 3.05) is 13.7 Å². The minimum absolute atomic E-state index is 0.0355. The van der Waals surface area contributed by atoms with E-state index >= 15 is 0 Å². The van der Waals surface area contributed by atoms with Crippen LogP contribution in [0.5, 0.6) is 0 Å². The number of thioether (sulfide) groups is 1. The third kappa shape index (κ3) is 4.65.